The maximum Gasteiger partial charge on any atom is 0.191 e. The minimum Gasteiger partial charge on any atom is -0.496 e. The summed E-state index contributed by atoms with van der Waals surface area (Å²) in [7, 11) is 1.68. The highest BCUT2D eigenvalue weighted by molar-refractivity contribution is 7.98. The molecule has 0 unspecified atom stereocenters. The van der Waals surface area contributed by atoms with E-state index < -0.39 is 0 Å². The number of rotatable bonds is 6. The highest BCUT2D eigenvalue weighted by Crippen LogP contribution is 2.31. The van der Waals surface area contributed by atoms with Crippen LogP contribution in [0.15, 0.2) is 47.6 Å². The first-order valence-electron chi connectivity index (χ1n) is 8.39. The lowest BCUT2D eigenvalue weighted by atomic mass is 10.1. The summed E-state index contributed by atoms with van der Waals surface area (Å²) in [4.78, 5) is 0. The van der Waals surface area contributed by atoms with Gasteiger partial charge in [-0.15, -0.1) is 10.2 Å². The molecule has 0 N–H and O–H groups in total. The Morgan fingerprint density at radius 1 is 1.04 bits per heavy atom. The van der Waals surface area contributed by atoms with E-state index in [-0.39, 0.29) is 0 Å². The molecule has 0 aliphatic carbocycles. The molecule has 0 aliphatic rings. The molecular formula is C20H23N3OS. The molecule has 0 bridgehead atoms. The molecule has 0 atom stereocenters. The van der Waals surface area contributed by atoms with E-state index in [1.165, 1.54) is 16.7 Å². The summed E-state index contributed by atoms with van der Waals surface area (Å²) in [5, 5.41) is 9.78. The maximum absolute atomic E-state index is 5.48. The fourth-order valence-corrected chi connectivity index (χ4v) is 3.94. The van der Waals surface area contributed by atoms with Gasteiger partial charge in [0.15, 0.2) is 11.0 Å². The van der Waals surface area contributed by atoms with E-state index in [1.54, 1.807) is 18.9 Å². The summed E-state index contributed by atoms with van der Waals surface area (Å²) >= 11 is 1.72. The van der Waals surface area contributed by atoms with Crippen molar-refractivity contribution in [2.75, 3.05) is 7.11 Å². The number of ether oxygens (including phenoxy) is 1. The van der Waals surface area contributed by atoms with Crippen LogP contribution in [0.25, 0.3) is 11.4 Å². The lowest BCUT2D eigenvalue weighted by Gasteiger charge is -2.10. The number of para-hydroxylation sites is 1. The Hall–Kier alpha value is -2.27. The third kappa shape index (κ3) is 3.87. The van der Waals surface area contributed by atoms with Crippen molar-refractivity contribution in [1.82, 2.24) is 14.8 Å². The fourth-order valence-electron chi connectivity index (χ4n) is 3.01. The molecule has 25 heavy (non-hydrogen) atoms. The van der Waals surface area contributed by atoms with Gasteiger partial charge in [-0.3, -0.25) is 0 Å². The third-order valence-corrected chi connectivity index (χ3v) is 5.07. The molecule has 3 aromatic rings. The minimum atomic E-state index is 0.815. The molecule has 0 radical (unpaired) electrons. The molecule has 0 fully saturated rings. The van der Waals surface area contributed by atoms with E-state index in [0.717, 1.165) is 34.6 Å². The quantitative estimate of drug-likeness (QED) is 0.592. The second-order valence-electron chi connectivity index (χ2n) is 6.04. The molecule has 0 amide bonds. The zero-order valence-electron chi connectivity index (χ0n) is 15.1. The number of hydrogen-bond donors (Lipinski definition) is 0. The molecule has 3 rings (SSSR count). The van der Waals surface area contributed by atoms with Crippen LogP contribution in [-0.2, 0) is 12.3 Å². The SMILES string of the molecule is CCn1c(SCc2cc(C)cc(C)c2)nnc1-c1ccccc1OC. The maximum atomic E-state index is 5.48. The summed E-state index contributed by atoms with van der Waals surface area (Å²) < 4.78 is 7.62. The van der Waals surface area contributed by atoms with E-state index in [2.05, 4.69) is 53.7 Å². The number of aromatic nitrogens is 3. The van der Waals surface area contributed by atoms with E-state index >= 15 is 0 Å². The number of nitrogens with zero attached hydrogens (tertiary/aromatic N) is 3. The van der Waals surface area contributed by atoms with Crippen molar-refractivity contribution in [3.05, 3.63) is 59.2 Å². The first-order chi connectivity index (χ1) is 12.1. The predicted octanol–water partition coefficient (Wildman–Crippen LogP) is 4.88. The number of methoxy groups -OCH3 is 1. The Bertz CT molecular complexity index is 853. The Labute approximate surface area is 153 Å². The lowest BCUT2D eigenvalue weighted by Crippen LogP contribution is -2.01. The summed E-state index contributed by atoms with van der Waals surface area (Å²) in [6.07, 6.45) is 0. The number of hydrogen-bond acceptors (Lipinski definition) is 4. The second-order valence-corrected chi connectivity index (χ2v) is 6.98. The normalized spacial score (nSPS) is 10.9. The largest absolute Gasteiger partial charge is 0.496 e. The van der Waals surface area contributed by atoms with Crippen molar-refractivity contribution < 1.29 is 4.74 Å². The zero-order valence-corrected chi connectivity index (χ0v) is 15.9. The molecule has 0 saturated carbocycles. The smallest absolute Gasteiger partial charge is 0.191 e. The van der Waals surface area contributed by atoms with E-state index in [1.807, 2.05) is 24.3 Å². The van der Waals surface area contributed by atoms with Gasteiger partial charge in [-0.1, -0.05) is 53.2 Å². The second kappa shape index (κ2) is 7.74. The van der Waals surface area contributed by atoms with Crippen LogP contribution in [0.5, 0.6) is 5.75 Å². The first-order valence-corrected chi connectivity index (χ1v) is 9.37. The third-order valence-electron chi connectivity index (χ3n) is 4.03. The molecule has 2 aromatic carbocycles. The minimum absolute atomic E-state index is 0.815. The lowest BCUT2D eigenvalue weighted by molar-refractivity contribution is 0.416. The molecular weight excluding hydrogens is 330 g/mol. The van der Waals surface area contributed by atoms with Gasteiger partial charge in [0.25, 0.3) is 0 Å². The van der Waals surface area contributed by atoms with E-state index in [4.69, 9.17) is 4.74 Å². The molecule has 0 spiro atoms. The summed E-state index contributed by atoms with van der Waals surface area (Å²) in [5.41, 5.74) is 4.87. The van der Waals surface area contributed by atoms with Crippen molar-refractivity contribution in [2.45, 2.75) is 38.2 Å². The molecule has 5 heteroatoms. The molecule has 4 nitrogen and oxygen atoms in total. The highest BCUT2D eigenvalue weighted by Gasteiger charge is 2.16. The molecule has 1 aromatic heterocycles. The van der Waals surface area contributed by atoms with Crippen LogP contribution in [0, 0.1) is 13.8 Å². The topological polar surface area (TPSA) is 39.9 Å². The standard InChI is InChI=1S/C20H23N3OS/c1-5-23-19(17-8-6-7-9-18(17)24-4)21-22-20(23)25-13-16-11-14(2)10-15(3)12-16/h6-12H,5,13H2,1-4H3. The van der Waals surface area contributed by atoms with Crippen molar-refractivity contribution in [2.24, 2.45) is 0 Å². The summed E-state index contributed by atoms with van der Waals surface area (Å²) in [6, 6.07) is 14.6. The van der Waals surface area contributed by atoms with Gasteiger partial charge in [0.1, 0.15) is 5.75 Å². The number of benzene rings is 2. The van der Waals surface area contributed by atoms with Crippen molar-refractivity contribution in [1.29, 1.82) is 0 Å². The van der Waals surface area contributed by atoms with Crippen molar-refractivity contribution >= 4 is 11.8 Å². The van der Waals surface area contributed by atoms with Crippen molar-refractivity contribution in [3.63, 3.8) is 0 Å². The van der Waals surface area contributed by atoms with Gasteiger partial charge in [0.2, 0.25) is 0 Å². The number of thioether (sulfide) groups is 1. The molecule has 0 aliphatic heterocycles. The van der Waals surface area contributed by atoms with Crippen LogP contribution in [-0.4, -0.2) is 21.9 Å². The fraction of sp³-hybridized carbons (Fsp3) is 0.300. The Morgan fingerprint density at radius 3 is 2.44 bits per heavy atom. The van der Waals surface area contributed by atoms with Gasteiger partial charge in [0.05, 0.1) is 12.7 Å². The van der Waals surface area contributed by atoms with Crippen LogP contribution in [0.3, 0.4) is 0 Å². The van der Waals surface area contributed by atoms with Gasteiger partial charge >= 0.3 is 0 Å². The van der Waals surface area contributed by atoms with Crippen LogP contribution in [0.1, 0.15) is 23.6 Å². The van der Waals surface area contributed by atoms with Crippen LogP contribution >= 0.6 is 11.8 Å². The molecule has 130 valence electrons. The van der Waals surface area contributed by atoms with Crippen LogP contribution in [0.2, 0.25) is 0 Å². The van der Waals surface area contributed by atoms with Crippen molar-refractivity contribution in [3.8, 4) is 17.1 Å². The average Bonchev–Trinajstić information content (AvgIpc) is 3.01. The Kier molecular flexibility index (Phi) is 5.43. The van der Waals surface area contributed by atoms with E-state index in [9.17, 15) is 0 Å². The Morgan fingerprint density at radius 2 is 1.76 bits per heavy atom. The molecule has 0 saturated heterocycles. The van der Waals surface area contributed by atoms with Crippen LogP contribution in [0.4, 0.5) is 0 Å². The summed E-state index contributed by atoms with van der Waals surface area (Å²) in [6.45, 7) is 7.20. The van der Waals surface area contributed by atoms with Gasteiger partial charge < -0.3 is 9.30 Å². The first kappa shape index (κ1) is 17.5. The Balaban J connectivity index is 1.87. The highest BCUT2D eigenvalue weighted by atomic mass is 32.2. The van der Waals surface area contributed by atoms with Gasteiger partial charge in [-0.05, 0) is 38.5 Å². The summed E-state index contributed by atoms with van der Waals surface area (Å²) in [5.74, 6) is 2.55. The predicted molar refractivity (Wildman–Crippen MR) is 103 cm³/mol. The zero-order chi connectivity index (χ0) is 17.8. The van der Waals surface area contributed by atoms with Gasteiger partial charge in [-0.25, -0.2) is 0 Å². The van der Waals surface area contributed by atoms with Gasteiger partial charge in [-0.2, -0.15) is 0 Å². The molecule has 1 heterocycles. The van der Waals surface area contributed by atoms with E-state index in [0.29, 0.717) is 0 Å². The number of aryl methyl sites for hydroxylation is 2. The monoisotopic (exact) mass is 353 g/mol. The van der Waals surface area contributed by atoms with Gasteiger partial charge in [0, 0.05) is 12.3 Å². The average molecular weight is 353 g/mol. The van der Waals surface area contributed by atoms with Crippen LogP contribution < -0.4 is 4.74 Å².